The molecule has 0 saturated heterocycles. The van der Waals surface area contributed by atoms with E-state index in [-0.39, 0.29) is 31.1 Å². The second kappa shape index (κ2) is 43.0. The highest BCUT2D eigenvalue weighted by Gasteiger charge is 2.19. The van der Waals surface area contributed by atoms with Crippen LogP contribution in [-0.4, -0.2) is 37.2 Å². The Bertz CT molecular complexity index is 856. The normalized spacial score (nSPS) is 12.5. The van der Waals surface area contributed by atoms with Crippen LogP contribution >= 0.6 is 0 Å². The Labute approximate surface area is 348 Å². The van der Waals surface area contributed by atoms with Gasteiger partial charge in [-0.3, -0.25) is 14.4 Å². The minimum atomic E-state index is -0.759. The SMILES string of the molecule is CCCCCCCC(=O)OC[C@@H](COC(=O)CCCCCCCCCCCCCCCCCCC(C)C)OC(=O)CCCCCCCCCCCCC(C)CC. The fourth-order valence-electron chi connectivity index (χ4n) is 7.43. The first-order chi connectivity index (χ1) is 27.3. The number of unbranched alkanes of at least 4 members (excludes halogenated alkanes) is 28. The number of carbonyl (C=O) groups excluding carboxylic acids is 3. The Morgan fingerprint density at radius 2 is 0.679 bits per heavy atom. The zero-order valence-electron chi connectivity index (χ0n) is 38.3. The van der Waals surface area contributed by atoms with Crippen LogP contribution in [-0.2, 0) is 28.6 Å². The number of esters is 3. The molecule has 0 N–H and O–H groups in total. The maximum Gasteiger partial charge on any atom is 0.306 e. The molecule has 0 bridgehead atoms. The van der Waals surface area contributed by atoms with Gasteiger partial charge in [0.05, 0.1) is 0 Å². The highest BCUT2D eigenvalue weighted by atomic mass is 16.6. The molecule has 0 radical (unpaired) electrons. The summed E-state index contributed by atoms with van der Waals surface area (Å²) >= 11 is 0. The molecule has 0 aromatic rings. The zero-order valence-corrected chi connectivity index (χ0v) is 38.3. The van der Waals surface area contributed by atoms with Gasteiger partial charge in [-0.1, -0.05) is 234 Å². The van der Waals surface area contributed by atoms with Crippen molar-refractivity contribution in [1.82, 2.24) is 0 Å². The summed E-state index contributed by atoms with van der Waals surface area (Å²) in [6.07, 6.45) is 42.6. The fraction of sp³-hybridized carbons (Fsp3) is 0.940. The molecule has 0 aliphatic heterocycles. The van der Waals surface area contributed by atoms with Crippen LogP contribution < -0.4 is 0 Å². The van der Waals surface area contributed by atoms with Gasteiger partial charge in [-0.25, -0.2) is 0 Å². The van der Waals surface area contributed by atoms with Crippen molar-refractivity contribution in [1.29, 1.82) is 0 Å². The molecular weight excluding hydrogens is 697 g/mol. The van der Waals surface area contributed by atoms with Crippen LogP contribution in [0.1, 0.15) is 272 Å². The van der Waals surface area contributed by atoms with Gasteiger partial charge < -0.3 is 14.2 Å². The average molecular weight is 793 g/mol. The standard InChI is InChI=1S/C50H96O6/c1-6-8-9-28-35-40-48(51)54-43-47(56-50(53)42-37-32-27-23-19-18-21-25-30-34-39-46(5)7-2)44-55-49(52)41-36-31-26-22-17-15-13-11-10-12-14-16-20-24-29-33-38-45(3)4/h45-47H,6-44H2,1-5H3/t46?,47-/m0/s1. The summed E-state index contributed by atoms with van der Waals surface area (Å²) < 4.78 is 16.7. The molecule has 0 aliphatic rings. The van der Waals surface area contributed by atoms with Gasteiger partial charge in [-0.05, 0) is 31.1 Å². The van der Waals surface area contributed by atoms with E-state index in [1.54, 1.807) is 0 Å². The number of rotatable bonds is 44. The average Bonchev–Trinajstić information content (AvgIpc) is 3.18. The summed E-state index contributed by atoms with van der Waals surface area (Å²) in [5, 5.41) is 0. The third-order valence-corrected chi connectivity index (χ3v) is 11.6. The summed E-state index contributed by atoms with van der Waals surface area (Å²) in [6, 6.07) is 0. The van der Waals surface area contributed by atoms with Gasteiger partial charge in [-0.2, -0.15) is 0 Å². The minimum Gasteiger partial charge on any atom is -0.462 e. The van der Waals surface area contributed by atoms with Crippen molar-refractivity contribution in [2.75, 3.05) is 13.2 Å². The molecule has 6 nitrogen and oxygen atoms in total. The van der Waals surface area contributed by atoms with Crippen molar-refractivity contribution in [3.05, 3.63) is 0 Å². The van der Waals surface area contributed by atoms with E-state index in [0.717, 1.165) is 76.0 Å². The van der Waals surface area contributed by atoms with Crippen molar-refractivity contribution in [2.24, 2.45) is 11.8 Å². The second-order valence-electron chi connectivity index (χ2n) is 17.8. The van der Waals surface area contributed by atoms with Gasteiger partial charge in [0.2, 0.25) is 0 Å². The summed E-state index contributed by atoms with van der Waals surface area (Å²) in [7, 11) is 0. The van der Waals surface area contributed by atoms with Crippen molar-refractivity contribution >= 4 is 17.9 Å². The van der Waals surface area contributed by atoms with Gasteiger partial charge in [0.25, 0.3) is 0 Å². The van der Waals surface area contributed by atoms with Gasteiger partial charge in [0.1, 0.15) is 13.2 Å². The zero-order chi connectivity index (χ0) is 41.2. The van der Waals surface area contributed by atoms with E-state index in [9.17, 15) is 14.4 Å². The Morgan fingerprint density at radius 3 is 1.02 bits per heavy atom. The van der Waals surface area contributed by atoms with Crippen LogP contribution in [0.5, 0.6) is 0 Å². The van der Waals surface area contributed by atoms with Crippen LogP contribution in [0.2, 0.25) is 0 Å². The van der Waals surface area contributed by atoms with Gasteiger partial charge in [0.15, 0.2) is 6.10 Å². The molecule has 0 fully saturated rings. The maximum atomic E-state index is 12.7. The molecule has 0 rings (SSSR count). The van der Waals surface area contributed by atoms with E-state index in [1.165, 1.54) is 154 Å². The lowest BCUT2D eigenvalue weighted by atomic mass is 9.99. The van der Waals surface area contributed by atoms with Crippen molar-refractivity contribution in [3.8, 4) is 0 Å². The Balaban J connectivity index is 4.11. The fourth-order valence-corrected chi connectivity index (χ4v) is 7.43. The molecule has 0 heterocycles. The number of ether oxygens (including phenoxy) is 3. The molecule has 56 heavy (non-hydrogen) atoms. The Kier molecular flexibility index (Phi) is 41.8. The quantitative estimate of drug-likeness (QED) is 0.0347. The molecule has 0 spiro atoms. The van der Waals surface area contributed by atoms with E-state index in [1.807, 2.05) is 0 Å². The summed E-state index contributed by atoms with van der Waals surface area (Å²) in [5.41, 5.74) is 0. The maximum absolute atomic E-state index is 12.7. The molecule has 2 atom stereocenters. The lowest BCUT2D eigenvalue weighted by Crippen LogP contribution is -2.30. The van der Waals surface area contributed by atoms with Crippen LogP contribution in [0, 0.1) is 11.8 Å². The Morgan fingerprint density at radius 1 is 0.375 bits per heavy atom. The largest absolute Gasteiger partial charge is 0.462 e. The molecule has 332 valence electrons. The van der Waals surface area contributed by atoms with Crippen LogP contribution in [0.3, 0.4) is 0 Å². The number of hydrogen-bond donors (Lipinski definition) is 0. The topological polar surface area (TPSA) is 78.9 Å². The molecule has 0 aromatic heterocycles. The summed E-state index contributed by atoms with van der Waals surface area (Å²) in [5.74, 6) is 0.855. The van der Waals surface area contributed by atoms with Gasteiger partial charge in [0, 0.05) is 19.3 Å². The molecule has 0 saturated carbocycles. The lowest BCUT2D eigenvalue weighted by molar-refractivity contribution is -0.167. The van der Waals surface area contributed by atoms with Crippen molar-refractivity contribution in [2.45, 2.75) is 278 Å². The number of carbonyl (C=O) groups is 3. The first-order valence-electron chi connectivity index (χ1n) is 24.8. The van der Waals surface area contributed by atoms with E-state index in [2.05, 4.69) is 34.6 Å². The summed E-state index contributed by atoms with van der Waals surface area (Å²) in [4.78, 5) is 37.6. The Hall–Kier alpha value is -1.59. The first kappa shape index (κ1) is 54.4. The van der Waals surface area contributed by atoms with E-state index >= 15 is 0 Å². The van der Waals surface area contributed by atoms with E-state index in [0.29, 0.717) is 19.3 Å². The van der Waals surface area contributed by atoms with Crippen LogP contribution in [0.25, 0.3) is 0 Å². The highest BCUT2D eigenvalue weighted by molar-refractivity contribution is 5.71. The van der Waals surface area contributed by atoms with Crippen LogP contribution in [0.15, 0.2) is 0 Å². The van der Waals surface area contributed by atoms with Crippen molar-refractivity contribution in [3.63, 3.8) is 0 Å². The molecule has 0 amide bonds. The summed E-state index contributed by atoms with van der Waals surface area (Å²) in [6.45, 7) is 11.3. The van der Waals surface area contributed by atoms with Gasteiger partial charge in [-0.15, -0.1) is 0 Å². The highest BCUT2D eigenvalue weighted by Crippen LogP contribution is 2.18. The molecule has 1 unspecified atom stereocenters. The smallest absolute Gasteiger partial charge is 0.306 e. The second-order valence-corrected chi connectivity index (χ2v) is 17.8. The molecule has 6 heteroatoms. The van der Waals surface area contributed by atoms with E-state index in [4.69, 9.17) is 14.2 Å². The van der Waals surface area contributed by atoms with E-state index < -0.39 is 6.10 Å². The lowest BCUT2D eigenvalue weighted by Gasteiger charge is -2.18. The number of hydrogen-bond acceptors (Lipinski definition) is 6. The third-order valence-electron chi connectivity index (χ3n) is 11.6. The monoisotopic (exact) mass is 793 g/mol. The predicted molar refractivity (Wildman–Crippen MR) is 238 cm³/mol. The predicted octanol–water partition coefficient (Wildman–Crippen LogP) is 15.8. The van der Waals surface area contributed by atoms with Gasteiger partial charge >= 0.3 is 17.9 Å². The molecule has 0 aliphatic carbocycles. The van der Waals surface area contributed by atoms with Crippen molar-refractivity contribution < 1.29 is 28.6 Å². The first-order valence-corrected chi connectivity index (χ1v) is 24.8. The van der Waals surface area contributed by atoms with Crippen LogP contribution in [0.4, 0.5) is 0 Å². The third kappa shape index (κ3) is 42.0. The molecular formula is C50H96O6. The minimum absolute atomic E-state index is 0.0651. The molecule has 0 aromatic carbocycles.